The molecule has 0 radical (unpaired) electrons. The van der Waals surface area contributed by atoms with E-state index in [0.29, 0.717) is 11.3 Å². The standard InChI is InChI=1S/C14H16N2O2/c1-9-5-6-15-12-8-13(18-4)11(7-10(9)12)14(17)16(2)3/h5-8H,1-4H3. The Morgan fingerprint density at radius 2 is 2.06 bits per heavy atom. The summed E-state index contributed by atoms with van der Waals surface area (Å²) >= 11 is 0. The number of aromatic nitrogens is 1. The summed E-state index contributed by atoms with van der Waals surface area (Å²) in [4.78, 5) is 17.9. The number of hydrogen-bond acceptors (Lipinski definition) is 3. The number of carbonyl (C=O) groups is 1. The molecule has 0 unspecified atom stereocenters. The number of methoxy groups -OCH3 is 1. The average Bonchev–Trinajstić information content (AvgIpc) is 2.36. The van der Waals surface area contributed by atoms with Crippen LogP contribution in [-0.2, 0) is 0 Å². The number of nitrogens with zero attached hydrogens (tertiary/aromatic N) is 2. The van der Waals surface area contributed by atoms with Crippen molar-refractivity contribution >= 4 is 16.8 Å². The number of aryl methyl sites for hydroxylation is 1. The minimum Gasteiger partial charge on any atom is -0.496 e. The highest BCUT2D eigenvalue weighted by Gasteiger charge is 2.16. The highest BCUT2D eigenvalue weighted by Crippen LogP contribution is 2.27. The molecular weight excluding hydrogens is 228 g/mol. The predicted octanol–water partition coefficient (Wildman–Crippen LogP) is 2.25. The van der Waals surface area contributed by atoms with Gasteiger partial charge < -0.3 is 9.64 Å². The number of hydrogen-bond donors (Lipinski definition) is 0. The highest BCUT2D eigenvalue weighted by atomic mass is 16.5. The molecule has 1 amide bonds. The molecule has 0 saturated heterocycles. The lowest BCUT2D eigenvalue weighted by molar-refractivity contribution is 0.0824. The summed E-state index contributed by atoms with van der Waals surface area (Å²) in [5, 5.41) is 0.975. The Morgan fingerprint density at radius 3 is 2.67 bits per heavy atom. The molecule has 0 atom stereocenters. The van der Waals surface area contributed by atoms with Crippen molar-refractivity contribution in [1.29, 1.82) is 0 Å². The van der Waals surface area contributed by atoms with Gasteiger partial charge in [-0.05, 0) is 24.6 Å². The Kier molecular flexibility index (Phi) is 3.19. The molecule has 0 spiro atoms. The van der Waals surface area contributed by atoms with E-state index in [0.717, 1.165) is 16.5 Å². The fourth-order valence-electron chi connectivity index (χ4n) is 1.89. The van der Waals surface area contributed by atoms with Gasteiger partial charge in [0.05, 0.1) is 18.2 Å². The second-order valence-corrected chi connectivity index (χ2v) is 4.40. The van der Waals surface area contributed by atoms with Crippen LogP contribution in [0.3, 0.4) is 0 Å². The van der Waals surface area contributed by atoms with Crippen molar-refractivity contribution in [3.8, 4) is 5.75 Å². The minimum absolute atomic E-state index is 0.0722. The molecule has 0 bridgehead atoms. The van der Waals surface area contributed by atoms with Crippen LogP contribution in [0.2, 0.25) is 0 Å². The molecule has 0 aliphatic carbocycles. The zero-order valence-corrected chi connectivity index (χ0v) is 11.0. The van der Waals surface area contributed by atoms with E-state index in [1.165, 1.54) is 4.90 Å². The van der Waals surface area contributed by atoms with E-state index >= 15 is 0 Å². The zero-order valence-electron chi connectivity index (χ0n) is 11.0. The molecule has 94 valence electrons. The molecule has 0 N–H and O–H groups in total. The molecule has 4 heteroatoms. The molecule has 1 aromatic carbocycles. The molecule has 1 aromatic heterocycles. The zero-order chi connectivity index (χ0) is 13.3. The van der Waals surface area contributed by atoms with Gasteiger partial charge in [0.15, 0.2) is 0 Å². The molecule has 0 fully saturated rings. The van der Waals surface area contributed by atoms with Gasteiger partial charge in [0.2, 0.25) is 0 Å². The van der Waals surface area contributed by atoms with Crippen molar-refractivity contribution in [3.63, 3.8) is 0 Å². The van der Waals surface area contributed by atoms with Crippen LogP contribution >= 0.6 is 0 Å². The van der Waals surface area contributed by atoms with Crippen molar-refractivity contribution in [2.75, 3.05) is 21.2 Å². The van der Waals surface area contributed by atoms with Crippen LogP contribution in [0.4, 0.5) is 0 Å². The molecule has 0 aliphatic heterocycles. The lowest BCUT2D eigenvalue weighted by Crippen LogP contribution is -2.22. The third-order valence-electron chi connectivity index (χ3n) is 2.92. The van der Waals surface area contributed by atoms with Crippen LogP contribution in [0.25, 0.3) is 10.9 Å². The van der Waals surface area contributed by atoms with Crippen molar-refractivity contribution in [1.82, 2.24) is 9.88 Å². The quantitative estimate of drug-likeness (QED) is 0.813. The SMILES string of the molecule is COc1cc2nccc(C)c2cc1C(=O)N(C)C. The van der Waals surface area contributed by atoms with E-state index < -0.39 is 0 Å². The largest absolute Gasteiger partial charge is 0.496 e. The minimum atomic E-state index is -0.0722. The maximum Gasteiger partial charge on any atom is 0.257 e. The topological polar surface area (TPSA) is 42.4 Å². The summed E-state index contributed by atoms with van der Waals surface area (Å²) < 4.78 is 5.28. The summed E-state index contributed by atoms with van der Waals surface area (Å²) in [6.45, 7) is 2.00. The molecule has 0 aliphatic rings. The average molecular weight is 244 g/mol. The number of ether oxygens (including phenoxy) is 1. The summed E-state index contributed by atoms with van der Waals surface area (Å²) in [6.07, 6.45) is 1.75. The summed E-state index contributed by atoms with van der Waals surface area (Å²) in [6, 6.07) is 5.58. The summed E-state index contributed by atoms with van der Waals surface area (Å²) in [7, 11) is 5.01. The van der Waals surface area contributed by atoms with E-state index in [2.05, 4.69) is 4.98 Å². The fourth-order valence-corrected chi connectivity index (χ4v) is 1.89. The second-order valence-electron chi connectivity index (χ2n) is 4.40. The number of pyridine rings is 1. The summed E-state index contributed by atoms with van der Waals surface area (Å²) in [5.41, 5.74) is 2.49. The van der Waals surface area contributed by atoms with Gasteiger partial charge >= 0.3 is 0 Å². The van der Waals surface area contributed by atoms with Crippen molar-refractivity contribution in [2.45, 2.75) is 6.92 Å². The first-order valence-electron chi connectivity index (χ1n) is 5.69. The van der Waals surface area contributed by atoms with Crippen LogP contribution in [0.5, 0.6) is 5.75 Å². The lowest BCUT2D eigenvalue weighted by Gasteiger charge is -2.14. The molecule has 1 heterocycles. The van der Waals surface area contributed by atoms with Gasteiger partial charge in [0, 0.05) is 31.7 Å². The molecular formula is C14H16N2O2. The third-order valence-corrected chi connectivity index (χ3v) is 2.92. The van der Waals surface area contributed by atoms with E-state index in [4.69, 9.17) is 4.74 Å². The van der Waals surface area contributed by atoms with Gasteiger partial charge in [-0.3, -0.25) is 9.78 Å². The number of benzene rings is 1. The Hall–Kier alpha value is -2.10. The first kappa shape index (κ1) is 12.4. The molecule has 18 heavy (non-hydrogen) atoms. The van der Waals surface area contributed by atoms with Crippen molar-refractivity contribution < 1.29 is 9.53 Å². The van der Waals surface area contributed by atoms with E-state index in [9.17, 15) is 4.79 Å². The van der Waals surface area contributed by atoms with Gasteiger partial charge in [-0.1, -0.05) is 0 Å². The van der Waals surface area contributed by atoms with Gasteiger partial charge in [-0.15, -0.1) is 0 Å². The Bertz CT molecular complexity index is 606. The number of amides is 1. The predicted molar refractivity (Wildman–Crippen MR) is 71.0 cm³/mol. The van der Waals surface area contributed by atoms with Crippen LogP contribution in [-0.4, -0.2) is 37.0 Å². The van der Waals surface area contributed by atoms with E-state index in [1.807, 2.05) is 19.1 Å². The van der Waals surface area contributed by atoms with Crippen LogP contribution in [0, 0.1) is 6.92 Å². The fraction of sp³-hybridized carbons (Fsp3) is 0.286. The summed E-state index contributed by atoms with van der Waals surface area (Å²) in [5.74, 6) is 0.483. The number of carbonyl (C=O) groups excluding carboxylic acids is 1. The molecule has 4 nitrogen and oxygen atoms in total. The molecule has 0 saturated carbocycles. The Labute approximate surface area is 106 Å². The third kappa shape index (κ3) is 2.01. The van der Waals surface area contributed by atoms with Gasteiger partial charge in [-0.25, -0.2) is 0 Å². The lowest BCUT2D eigenvalue weighted by atomic mass is 10.1. The van der Waals surface area contributed by atoms with Crippen molar-refractivity contribution in [3.05, 3.63) is 35.5 Å². The molecule has 2 rings (SSSR count). The second kappa shape index (κ2) is 4.64. The number of fused-ring (bicyclic) bond motifs is 1. The first-order valence-corrected chi connectivity index (χ1v) is 5.69. The van der Waals surface area contributed by atoms with E-state index in [-0.39, 0.29) is 5.91 Å². The maximum atomic E-state index is 12.1. The van der Waals surface area contributed by atoms with Gasteiger partial charge in [0.25, 0.3) is 5.91 Å². The normalized spacial score (nSPS) is 10.4. The highest BCUT2D eigenvalue weighted by molar-refractivity contribution is 6.01. The van der Waals surface area contributed by atoms with Crippen LogP contribution < -0.4 is 4.74 Å². The maximum absolute atomic E-state index is 12.1. The smallest absolute Gasteiger partial charge is 0.257 e. The molecule has 2 aromatic rings. The first-order chi connectivity index (χ1) is 8.54. The van der Waals surface area contributed by atoms with Gasteiger partial charge in [-0.2, -0.15) is 0 Å². The van der Waals surface area contributed by atoms with Crippen molar-refractivity contribution in [2.24, 2.45) is 0 Å². The van der Waals surface area contributed by atoms with Gasteiger partial charge in [0.1, 0.15) is 5.75 Å². The number of rotatable bonds is 2. The Balaban J connectivity index is 2.72. The van der Waals surface area contributed by atoms with Crippen LogP contribution in [0.1, 0.15) is 15.9 Å². The monoisotopic (exact) mass is 244 g/mol. The Morgan fingerprint density at radius 1 is 1.33 bits per heavy atom. The van der Waals surface area contributed by atoms with Crippen LogP contribution in [0.15, 0.2) is 24.4 Å². The van der Waals surface area contributed by atoms with E-state index in [1.54, 1.807) is 33.5 Å².